The summed E-state index contributed by atoms with van der Waals surface area (Å²) in [4.78, 5) is 21.5. The van der Waals surface area contributed by atoms with Gasteiger partial charge in [0.2, 0.25) is 5.95 Å². The lowest BCUT2D eigenvalue weighted by molar-refractivity contribution is -0.0340. The zero-order valence-corrected chi connectivity index (χ0v) is 18.5. The van der Waals surface area contributed by atoms with Crippen molar-refractivity contribution in [2.45, 2.75) is 31.0 Å². The van der Waals surface area contributed by atoms with Gasteiger partial charge in [0, 0.05) is 43.3 Å². The number of anilines is 1. The van der Waals surface area contributed by atoms with Gasteiger partial charge in [0.25, 0.3) is 5.56 Å². The van der Waals surface area contributed by atoms with Crippen LogP contribution < -0.4 is 10.9 Å². The first-order valence-electron chi connectivity index (χ1n) is 10.5. The number of pyridine rings is 1. The molecule has 2 aromatic heterocycles. The van der Waals surface area contributed by atoms with Gasteiger partial charge in [0.1, 0.15) is 11.4 Å². The van der Waals surface area contributed by atoms with Crippen molar-refractivity contribution in [3.05, 3.63) is 75.5 Å². The number of benzene rings is 1. The highest BCUT2D eigenvalue weighted by Crippen LogP contribution is 2.26. The number of aliphatic hydroxyl groups is 2. The van der Waals surface area contributed by atoms with Gasteiger partial charge in [-0.15, -0.1) is 0 Å². The van der Waals surface area contributed by atoms with Crippen LogP contribution in [0.15, 0.2) is 53.6 Å². The summed E-state index contributed by atoms with van der Waals surface area (Å²) in [6, 6.07) is 8.76. The van der Waals surface area contributed by atoms with E-state index in [-0.39, 0.29) is 23.2 Å². The Labute approximate surface area is 194 Å². The average molecular weight is 475 g/mol. The maximum atomic E-state index is 13.9. The van der Waals surface area contributed by atoms with Crippen LogP contribution in [0, 0.1) is 5.82 Å². The normalized spacial score (nSPS) is 16.4. The Bertz CT molecular complexity index is 1190. The molecule has 10 heteroatoms. The minimum Gasteiger partial charge on any atom is -0.393 e. The van der Waals surface area contributed by atoms with Crippen molar-refractivity contribution in [3.63, 3.8) is 0 Å². The third-order valence-corrected chi connectivity index (χ3v) is 5.96. The van der Waals surface area contributed by atoms with Crippen LogP contribution in [-0.4, -0.2) is 50.6 Å². The molecule has 0 aliphatic carbocycles. The van der Waals surface area contributed by atoms with Gasteiger partial charge in [-0.3, -0.25) is 4.79 Å². The van der Waals surface area contributed by atoms with Crippen LogP contribution in [0.2, 0.25) is 5.02 Å². The van der Waals surface area contributed by atoms with Crippen molar-refractivity contribution < 1.29 is 19.3 Å². The molecule has 1 fully saturated rings. The minimum absolute atomic E-state index is 0.101. The van der Waals surface area contributed by atoms with Crippen LogP contribution in [-0.2, 0) is 16.9 Å². The first kappa shape index (κ1) is 23.3. The molecule has 3 aromatic rings. The molecule has 1 atom stereocenters. The summed E-state index contributed by atoms with van der Waals surface area (Å²) >= 11 is 5.71. The molecule has 1 saturated heterocycles. The van der Waals surface area contributed by atoms with Crippen LogP contribution in [0.1, 0.15) is 18.4 Å². The Morgan fingerprint density at radius 1 is 1.24 bits per heavy atom. The fourth-order valence-electron chi connectivity index (χ4n) is 3.71. The predicted octanol–water partition coefficient (Wildman–Crippen LogP) is 2.57. The summed E-state index contributed by atoms with van der Waals surface area (Å²) in [6.45, 7) is 0.399. The van der Waals surface area contributed by atoms with Crippen LogP contribution in [0.5, 0.6) is 0 Å². The van der Waals surface area contributed by atoms with Gasteiger partial charge in [-0.2, -0.15) is 0 Å². The fourth-order valence-corrected chi connectivity index (χ4v) is 3.83. The number of ether oxygens (including phenoxy) is 1. The number of rotatable bonds is 7. The molecule has 0 radical (unpaired) electrons. The summed E-state index contributed by atoms with van der Waals surface area (Å²) in [7, 11) is 0. The topological polar surface area (TPSA) is 110 Å². The number of hydrogen-bond donors (Lipinski definition) is 3. The standard InChI is InChI=1S/C23H24ClFN4O4/c24-18-2-1-16(12-19(18)25)23(32,14-30)13-29-8-4-15(11-21(29)31)20-3-7-26-22(28-20)27-17-5-9-33-10-6-17/h1-4,7-8,11-12,17,30,32H,5-6,9-10,13-14H2,(H,26,27,28). The number of aliphatic hydroxyl groups excluding tert-OH is 1. The van der Waals surface area contributed by atoms with Gasteiger partial charge in [0.15, 0.2) is 0 Å². The molecule has 1 aliphatic heterocycles. The molecule has 3 heterocycles. The van der Waals surface area contributed by atoms with E-state index in [1.54, 1.807) is 18.3 Å². The largest absolute Gasteiger partial charge is 0.393 e. The lowest BCUT2D eigenvalue weighted by Gasteiger charge is -2.27. The molecule has 0 spiro atoms. The summed E-state index contributed by atoms with van der Waals surface area (Å²) in [5.41, 5.74) is -1.01. The Morgan fingerprint density at radius 3 is 2.73 bits per heavy atom. The second-order valence-corrected chi connectivity index (χ2v) is 8.40. The molecule has 1 aromatic carbocycles. The molecule has 1 unspecified atom stereocenters. The Hall–Kier alpha value is -2.85. The monoisotopic (exact) mass is 474 g/mol. The summed E-state index contributed by atoms with van der Waals surface area (Å²) in [5, 5.41) is 23.9. The van der Waals surface area contributed by atoms with Gasteiger partial charge < -0.3 is 24.8 Å². The van der Waals surface area contributed by atoms with E-state index in [1.165, 1.54) is 29.0 Å². The first-order chi connectivity index (χ1) is 15.9. The zero-order valence-electron chi connectivity index (χ0n) is 17.7. The number of nitrogens with zero attached hydrogens (tertiary/aromatic N) is 3. The number of hydrogen-bond acceptors (Lipinski definition) is 7. The molecule has 33 heavy (non-hydrogen) atoms. The van der Waals surface area contributed by atoms with E-state index < -0.39 is 23.6 Å². The third kappa shape index (κ3) is 5.39. The number of halogens is 2. The summed E-state index contributed by atoms with van der Waals surface area (Å²) in [5.74, 6) is -0.249. The van der Waals surface area contributed by atoms with Crippen molar-refractivity contribution in [1.82, 2.24) is 14.5 Å². The lowest BCUT2D eigenvalue weighted by atomic mass is 9.94. The summed E-state index contributed by atoms with van der Waals surface area (Å²) < 4.78 is 20.5. The van der Waals surface area contributed by atoms with E-state index in [1.807, 2.05) is 0 Å². The van der Waals surface area contributed by atoms with E-state index in [4.69, 9.17) is 16.3 Å². The van der Waals surface area contributed by atoms with Gasteiger partial charge in [-0.1, -0.05) is 17.7 Å². The fraction of sp³-hybridized carbons (Fsp3) is 0.348. The molecule has 8 nitrogen and oxygen atoms in total. The van der Waals surface area contributed by atoms with Crippen molar-refractivity contribution in [2.24, 2.45) is 0 Å². The second-order valence-electron chi connectivity index (χ2n) is 8.00. The molecule has 4 rings (SSSR count). The van der Waals surface area contributed by atoms with Crippen molar-refractivity contribution in [2.75, 3.05) is 25.1 Å². The van der Waals surface area contributed by atoms with Gasteiger partial charge >= 0.3 is 0 Å². The van der Waals surface area contributed by atoms with E-state index in [0.717, 1.165) is 18.9 Å². The van der Waals surface area contributed by atoms with E-state index >= 15 is 0 Å². The van der Waals surface area contributed by atoms with Gasteiger partial charge in [-0.05, 0) is 42.7 Å². The van der Waals surface area contributed by atoms with E-state index in [2.05, 4.69) is 15.3 Å². The van der Waals surface area contributed by atoms with Crippen molar-refractivity contribution >= 4 is 17.5 Å². The van der Waals surface area contributed by atoms with Crippen LogP contribution in [0.25, 0.3) is 11.3 Å². The molecule has 0 saturated carbocycles. The highest BCUT2D eigenvalue weighted by Gasteiger charge is 2.30. The lowest BCUT2D eigenvalue weighted by Crippen LogP contribution is -2.38. The minimum atomic E-state index is -1.87. The summed E-state index contributed by atoms with van der Waals surface area (Å²) in [6.07, 6.45) is 4.86. The molecular weight excluding hydrogens is 451 g/mol. The highest BCUT2D eigenvalue weighted by molar-refractivity contribution is 6.30. The third-order valence-electron chi connectivity index (χ3n) is 5.65. The smallest absolute Gasteiger partial charge is 0.251 e. The highest BCUT2D eigenvalue weighted by atomic mass is 35.5. The SMILES string of the molecule is O=c1cc(-c2ccnc(NC3CCOCC3)n2)ccn1CC(O)(CO)c1ccc(Cl)c(F)c1. The number of aromatic nitrogens is 3. The average Bonchev–Trinajstić information content (AvgIpc) is 2.83. The van der Waals surface area contributed by atoms with Gasteiger partial charge in [0.05, 0.1) is 23.9 Å². The molecular formula is C23H24ClFN4O4. The molecule has 0 amide bonds. The van der Waals surface area contributed by atoms with Crippen molar-refractivity contribution in [3.8, 4) is 11.3 Å². The van der Waals surface area contributed by atoms with Crippen LogP contribution >= 0.6 is 11.6 Å². The Kier molecular flexibility index (Phi) is 7.04. The molecule has 1 aliphatic rings. The van der Waals surface area contributed by atoms with E-state index in [9.17, 15) is 19.4 Å². The first-order valence-corrected chi connectivity index (χ1v) is 10.9. The van der Waals surface area contributed by atoms with Gasteiger partial charge in [-0.25, -0.2) is 14.4 Å². The Balaban J connectivity index is 1.55. The maximum Gasteiger partial charge on any atom is 0.251 e. The van der Waals surface area contributed by atoms with Crippen molar-refractivity contribution in [1.29, 1.82) is 0 Å². The van der Waals surface area contributed by atoms with Crippen LogP contribution in [0.3, 0.4) is 0 Å². The maximum absolute atomic E-state index is 13.9. The predicted molar refractivity (Wildman–Crippen MR) is 122 cm³/mol. The Morgan fingerprint density at radius 2 is 2.03 bits per heavy atom. The quantitative estimate of drug-likeness (QED) is 0.482. The molecule has 174 valence electrons. The van der Waals surface area contributed by atoms with Crippen LogP contribution in [0.4, 0.5) is 10.3 Å². The molecule has 0 bridgehead atoms. The zero-order chi connectivity index (χ0) is 23.4. The van der Waals surface area contributed by atoms with E-state index in [0.29, 0.717) is 30.4 Å². The second kappa shape index (κ2) is 9.96. The number of nitrogens with one attached hydrogen (secondary N) is 1. The molecule has 3 N–H and O–H groups in total.